The van der Waals surface area contributed by atoms with E-state index >= 15 is 0 Å². The number of hydrogen-bond donors (Lipinski definition) is 2. The fraction of sp³-hybridized carbons (Fsp3) is 0.219. The third kappa shape index (κ3) is 7.23. The number of aromatic nitrogens is 1. The summed E-state index contributed by atoms with van der Waals surface area (Å²) in [6, 6.07) is 28.9. The van der Waals surface area contributed by atoms with E-state index in [9.17, 15) is 14.4 Å². The normalized spacial score (nSPS) is 12.0. The highest BCUT2D eigenvalue weighted by atomic mass is 16.6. The Morgan fingerprint density at radius 3 is 1.82 bits per heavy atom. The number of pyridine rings is 1. The average Bonchev–Trinajstić information content (AvgIpc) is 2.90. The molecule has 2 amide bonds. The lowest BCUT2D eigenvalue weighted by molar-refractivity contribution is -0.118. The molecule has 4 rings (SSSR count). The number of nitrogens with one attached hydrogen (secondary N) is 2. The predicted molar refractivity (Wildman–Crippen MR) is 154 cm³/mol. The van der Waals surface area contributed by atoms with Crippen molar-refractivity contribution in [3.8, 4) is 11.1 Å². The van der Waals surface area contributed by atoms with Crippen LogP contribution in [-0.2, 0) is 16.6 Å². The first-order valence-corrected chi connectivity index (χ1v) is 12.8. The van der Waals surface area contributed by atoms with Gasteiger partial charge in [0.1, 0.15) is 11.6 Å². The van der Waals surface area contributed by atoms with E-state index in [2.05, 4.69) is 10.6 Å². The van der Waals surface area contributed by atoms with Crippen LogP contribution in [0.25, 0.3) is 11.1 Å². The molecule has 0 unspecified atom stereocenters. The second-order valence-corrected chi connectivity index (χ2v) is 10.4. The van der Waals surface area contributed by atoms with E-state index in [4.69, 9.17) is 4.74 Å². The number of amides is 2. The van der Waals surface area contributed by atoms with E-state index in [1.165, 1.54) is 10.6 Å². The summed E-state index contributed by atoms with van der Waals surface area (Å²) >= 11 is 0. The molecule has 7 nitrogen and oxygen atoms in total. The fourth-order valence-electron chi connectivity index (χ4n) is 4.36. The van der Waals surface area contributed by atoms with Crippen LogP contribution in [0.1, 0.15) is 37.8 Å². The van der Waals surface area contributed by atoms with Gasteiger partial charge in [0, 0.05) is 30.9 Å². The van der Waals surface area contributed by atoms with Gasteiger partial charge in [0.05, 0.1) is 0 Å². The molecule has 39 heavy (non-hydrogen) atoms. The minimum Gasteiger partial charge on any atom is -0.444 e. The van der Waals surface area contributed by atoms with E-state index in [1.54, 1.807) is 52.2 Å². The Morgan fingerprint density at radius 1 is 0.769 bits per heavy atom. The lowest BCUT2D eigenvalue weighted by atomic mass is 9.84. The molecular formula is C32H33N3O4. The van der Waals surface area contributed by atoms with Gasteiger partial charge >= 0.3 is 6.09 Å². The molecule has 4 aromatic rings. The summed E-state index contributed by atoms with van der Waals surface area (Å²) in [5.41, 5.74) is 3.31. The molecule has 0 saturated heterocycles. The number of nitrogens with zero attached hydrogens (tertiary/aromatic N) is 1. The molecule has 1 heterocycles. The summed E-state index contributed by atoms with van der Waals surface area (Å²) in [6.07, 6.45) is 1.09. The lowest BCUT2D eigenvalue weighted by Gasteiger charge is -2.29. The van der Waals surface area contributed by atoms with Gasteiger partial charge in [-0.1, -0.05) is 72.8 Å². The van der Waals surface area contributed by atoms with Crippen molar-refractivity contribution in [1.29, 1.82) is 0 Å². The van der Waals surface area contributed by atoms with Crippen LogP contribution in [0.3, 0.4) is 0 Å². The van der Waals surface area contributed by atoms with Gasteiger partial charge in [0.2, 0.25) is 11.5 Å². The molecule has 0 aliphatic heterocycles. The number of aryl methyl sites for hydroxylation is 1. The summed E-state index contributed by atoms with van der Waals surface area (Å²) in [5, 5.41) is 5.80. The van der Waals surface area contributed by atoms with Crippen molar-refractivity contribution in [3.63, 3.8) is 0 Å². The van der Waals surface area contributed by atoms with Gasteiger partial charge in [-0.3, -0.25) is 9.59 Å². The SMILES string of the molecule is Cn1cc(-c2ccc(NC(=O)[C@@H](NC(=O)OC(C)(C)C)C(c3ccccc3)c3ccccc3)cc2)ccc1=O. The van der Waals surface area contributed by atoms with Crippen molar-refractivity contribution in [2.75, 3.05) is 5.32 Å². The van der Waals surface area contributed by atoms with Crippen LogP contribution in [-0.4, -0.2) is 28.2 Å². The van der Waals surface area contributed by atoms with Crippen LogP contribution in [0.4, 0.5) is 10.5 Å². The maximum Gasteiger partial charge on any atom is 0.408 e. The van der Waals surface area contributed by atoms with Gasteiger partial charge < -0.3 is 19.9 Å². The number of rotatable bonds is 7. The summed E-state index contributed by atoms with van der Waals surface area (Å²) in [5.74, 6) is -0.849. The molecule has 2 N–H and O–H groups in total. The van der Waals surface area contributed by atoms with Crippen LogP contribution in [0.15, 0.2) is 108 Å². The summed E-state index contributed by atoms with van der Waals surface area (Å²) in [7, 11) is 1.70. The first-order valence-electron chi connectivity index (χ1n) is 12.8. The van der Waals surface area contributed by atoms with Gasteiger partial charge in [-0.15, -0.1) is 0 Å². The van der Waals surface area contributed by atoms with Crippen LogP contribution in [0.5, 0.6) is 0 Å². The van der Waals surface area contributed by atoms with Gasteiger partial charge in [-0.05, 0) is 61.2 Å². The van der Waals surface area contributed by atoms with Crippen molar-refractivity contribution >= 4 is 17.7 Å². The van der Waals surface area contributed by atoms with Crippen molar-refractivity contribution in [2.45, 2.75) is 38.3 Å². The van der Waals surface area contributed by atoms with Gasteiger partial charge in [0.25, 0.3) is 0 Å². The van der Waals surface area contributed by atoms with E-state index < -0.39 is 23.7 Å². The number of benzene rings is 3. The molecule has 200 valence electrons. The standard InChI is InChI=1S/C32H33N3O4/c1-32(2,3)39-31(38)34-29(28(23-11-7-5-8-12-23)24-13-9-6-10-14-24)30(37)33-26-18-15-22(16-19-26)25-17-20-27(36)35(4)21-25/h5-21,28-29H,1-4H3,(H,33,37)(H,34,38)/t29-/m0/s1. The molecule has 0 aliphatic rings. The molecule has 7 heteroatoms. The molecule has 0 saturated carbocycles. The Morgan fingerprint density at radius 2 is 1.31 bits per heavy atom. The number of hydrogen-bond acceptors (Lipinski definition) is 4. The summed E-state index contributed by atoms with van der Waals surface area (Å²) in [4.78, 5) is 38.5. The van der Waals surface area contributed by atoms with Crippen LogP contribution >= 0.6 is 0 Å². The average molecular weight is 524 g/mol. The minimum atomic E-state index is -0.965. The molecule has 0 spiro atoms. The van der Waals surface area contributed by atoms with Crippen molar-refractivity contribution in [2.24, 2.45) is 7.05 Å². The molecule has 3 aromatic carbocycles. The molecule has 0 bridgehead atoms. The second kappa shape index (κ2) is 11.8. The highest BCUT2D eigenvalue weighted by molar-refractivity contribution is 5.98. The van der Waals surface area contributed by atoms with E-state index in [0.29, 0.717) is 5.69 Å². The van der Waals surface area contributed by atoms with E-state index in [0.717, 1.165) is 22.3 Å². The number of carbonyl (C=O) groups is 2. The molecule has 0 fully saturated rings. The van der Waals surface area contributed by atoms with E-state index in [-0.39, 0.29) is 11.5 Å². The van der Waals surface area contributed by atoms with E-state index in [1.807, 2.05) is 72.8 Å². The number of anilines is 1. The maximum atomic E-state index is 13.8. The zero-order valence-corrected chi connectivity index (χ0v) is 22.5. The summed E-state index contributed by atoms with van der Waals surface area (Å²) < 4.78 is 7.04. The zero-order valence-electron chi connectivity index (χ0n) is 22.5. The Balaban J connectivity index is 1.65. The Hall–Kier alpha value is -4.65. The van der Waals surface area contributed by atoms with Crippen molar-refractivity contribution < 1.29 is 14.3 Å². The van der Waals surface area contributed by atoms with Gasteiger partial charge in [0.15, 0.2) is 0 Å². The monoisotopic (exact) mass is 523 g/mol. The molecule has 0 aliphatic carbocycles. The number of carbonyl (C=O) groups excluding carboxylic acids is 2. The third-order valence-corrected chi connectivity index (χ3v) is 6.18. The summed E-state index contributed by atoms with van der Waals surface area (Å²) in [6.45, 7) is 5.33. The molecule has 0 radical (unpaired) electrons. The number of ether oxygens (including phenoxy) is 1. The first kappa shape index (κ1) is 27.4. The second-order valence-electron chi connectivity index (χ2n) is 10.4. The Bertz CT molecular complexity index is 1430. The van der Waals surface area contributed by atoms with Crippen molar-refractivity contribution in [3.05, 3.63) is 125 Å². The smallest absolute Gasteiger partial charge is 0.408 e. The van der Waals surface area contributed by atoms with Gasteiger partial charge in [-0.2, -0.15) is 0 Å². The fourth-order valence-corrected chi connectivity index (χ4v) is 4.36. The Labute approximate surface area is 228 Å². The first-order chi connectivity index (χ1) is 18.6. The molecule has 1 atom stereocenters. The minimum absolute atomic E-state index is 0.0856. The van der Waals surface area contributed by atoms with Gasteiger partial charge in [-0.25, -0.2) is 4.79 Å². The van der Waals surface area contributed by atoms with Crippen LogP contribution in [0, 0.1) is 0 Å². The topological polar surface area (TPSA) is 89.4 Å². The molecule has 1 aromatic heterocycles. The van der Waals surface area contributed by atoms with Crippen LogP contribution in [0.2, 0.25) is 0 Å². The zero-order chi connectivity index (χ0) is 28.0. The predicted octanol–water partition coefficient (Wildman–Crippen LogP) is 5.72. The number of alkyl carbamates (subject to hydrolysis) is 1. The highest BCUT2D eigenvalue weighted by Gasteiger charge is 2.34. The largest absolute Gasteiger partial charge is 0.444 e. The highest BCUT2D eigenvalue weighted by Crippen LogP contribution is 2.30. The quantitative estimate of drug-likeness (QED) is 0.324. The lowest BCUT2D eigenvalue weighted by Crippen LogP contribution is -2.49. The third-order valence-electron chi connectivity index (χ3n) is 6.18. The maximum absolute atomic E-state index is 13.8. The van der Waals surface area contributed by atoms with Crippen LogP contribution < -0.4 is 16.2 Å². The molecular weight excluding hydrogens is 490 g/mol. The Kier molecular flexibility index (Phi) is 8.30. The van der Waals surface area contributed by atoms with Crippen molar-refractivity contribution in [1.82, 2.24) is 9.88 Å².